The van der Waals surface area contributed by atoms with Crippen LogP contribution >= 0.6 is 0 Å². The molecule has 4 N–H and O–H groups in total. The number of rotatable bonds is 11. The van der Waals surface area contributed by atoms with E-state index in [0.29, 0.717) is 19.7 Å². The average Bonchev–Trinajstić information content (AvgIpc) is 3.29. The molecule has 0 unspecified atom stereocenters. The molecular formula is C30H31N3O5S. The lowest BCUT2D eigenvalue weighted by atomic mass is 10.1. The van der Waals surface area contributed by atoms with E-state index in [1.165, 1.54) is 16.8 Å². The van der Waals surface area contributed by atoms with Crippen LogP contribution in [0, 0.1) is 0 Å². The largest absolute Gasteiger partial charge is 0.492 e. The quantitative estimate of drug-likeness (QED) is 0.223. The van der Waals surface area contributed by atoms with Gasteiger partial charge < -0.3 is 24.5 Å². The summed E-state index contributed by atoms with van der Waals surface area (Å²) in [5.74, 6) is 0.981. The van der Waals surface area contributed by atoms with Crippen molar-refractivity contribution < 1.29 is 23.0 Å². The van der Waals surface area contributed by atoms with Crippen molar-refractivity contribution >= 4 is 31.8 Å². The molecule has 0 saturated heterocycles. The molecule has 0 saturated carbocycles. The summed E-state index contributed by atoms with van der Waals surface area (Å²) < 4.78 is 35.3. The highest BCUT2D eigenvalue weighted by Crippen LogP contribution is 2.28. The van der Waals surface area contributed by atoms with E-state index in [9.17, 15) is 13.5 Å². The van der Waals surface area contributed by atoms with Gasteiger partial charge in [-0.15, -0.1) is 0 Å². The van der Waals surface area contributed by atoms with Crippen LogP contribution in [0.15, 0.2) is 95.9 Å². The fourth-order valence-corrected chi connectivity index (χ4v) is 5.27. The lowest BCUT2D eigenvalue weighted by molar-refractivity contribution is 0.117. The van der Waals surface area contributed by atoms with E-state index in [4.69, 9.17) is 14.6 Å². The minimum Gasteiger partial charge on any atom is -0.492 e. The molecule has 1 atom stereocenters. The van der Waals surface area contributed by atoms with Crippen LogP contribution in [0.4, 0.5) is 0 Å². The molecule has 5 aromatic rings. The first-order valence-electron chi connectivity index (χ1n) is 12.6. The van der Waals surface area contributed by atoms with E-state index < -0.39 is 16.1 Å². The summed E-state index contributed by atoms with van der Waals surface area (Å²) in [5, 5.41) is 18.5. The maximum Gasteiger partial charge on any atom is 0.241 e. The van der Waals surface area contributed by atoms with Crippen molar-refractivity contribution in [3.8, 4) is 11.5 Å². The van der Waals surface area contributed by atoms with Crippen LogP contribution in [-0.2, 0) is 16.6 Å². The first-order valence-corrected chi connectivity index (χ1v) is 14.2. The standard InChI is InChI=1S/C30H31N3O5S/c1-33(15-16-37-23-13-14-25-24-9-2-3-10-26(24)32-27(25)18-23)19-28(34)22-8-6-7-21(17-22)20-38-29-11-4-5-12-30(29)39(31,35)36/h2-14,17-18,28,32,34H,15-16,19-20H2,1H3,(H2,31,35,36)/t28-/m0/s1. The third-order valence-corrected chi connectivity index (χ3v) is 7.54. The lowest BCUT2D eigenvalue weighted by Gasteiger charge is -2.21. The summed E-state index contributed by atoms with van der Waals surface area (Å²) in [6.07, 6.45) is -0.714. The Morgan fingerprint density at radius 2 is 1.67 bits per heavy atom. The van der Waals surface area contributed by atoms with Gasteiger partial charge in [0.05, 0.1) is 11.6 Å². The van der Waals surface area contributed by atoms with Gasteiger partial charge in [-0.3, -0.25) is 0 Å². The van der Waals surface area contributed by atoms with E-state index >= 15 is 0 Å². The number of para-hydroxylation sites is 2. The highest BCUT2D eigenvalue weighted by Gasteiger charge is 2.15. The lowest BCUT2D eigenvalue weighted by Crippen LogP contribution is -2.29. The maximum absolute atomic E-state index is 11.8. The van der Waals surface area contributed by atoms with Crippen molar-refractivity contribution in [3.63, 3.8) is 0 Å². The van der Waals surface area contributed by atoms with Crippen molar-refractivity contribution in [3.05, 3.63) is 102 Å². The summed E-state index contributed by atoms with van der Waals surface area (Å²) in [7, 11) is -1.96. The van der Waals surface area contributed by atoms with Crippen molar-refractivity contribution in [2.24, 2.45) is 5.14 Å². The molecule has 0 radical (unpaired) electrons. The highest BCUT2D eigenvalue weighted by molar-refractivity contribution is 7.89. The van der Waals surface area contributed by atoms with Crippen LogP contribution in [0.5, 0.6) is 11.5 Å². The molecule has 39 heavy (non-hydrogen) atoms. The summed E-state index contributed by atoms with van der Waals surface area (Å²) in [4.78, 5) is 5.38. The number of aromatic nitrogens is 1. The Labute approximate surface area is 227 Å². The van der Waals surface area contributed by atoms with Gasteiger partial charge in [0.15, 0.2) is 0 Å². The Balaban J connectivity index is 1.14. The van der Waals surface area contributed by atoms with Gasteiger partial charge in [0, 0.05) is 35.4 Å². The zero-order valence-electron chi connectivity index (χ0n) is 21.6. The van der Waals surface area contributed by atoms with Crippen molar-refractivity contribution in [1.29, 1.82) is 0 Å². The van der Waals surface area contributed by atoms with E-state index in [0.717, 1.165) is 27.9 Å². The molecule has 8 nitrogen and oxygen atoms in total. The molecule has 0 amide bonds. The highest BCUT2D eigenvalue weighted by atomic mass is 32.2. The molecule has 0 bridgehead atoms. The number of aliphatic hydroxyl groups is 1. The Morgan fingerprint density at radius 1 is 0.897 bits per heavy atom. The molecule has 9 heteroatoms. The Kier molecular flexibility index (Phi) is 7.85. The molecule has 4 aromatic carbocycles. The Morgan fingerprint density at radius 3 is 2.51 bits per heavy atom. The average molecular weight is 546 g/mol. The van der Waals surface area contributed by atoms with Gasteiger partial charge in [0.25, 0.3) is 0 Å². The summed E-state index contributed by atoms with van der Waals surface area (Å²) in [6, 6.07) is 27.9. The molecule has 1 aromatic heterocycles. The van der Waals surface area contributed by atoms with Crippen molar-refractivity contribution in [2.45, 2.75) is 17.6 Å². The number of hydrogen-bond acceptors (Lipinski definition) is 6. The number of ether oxygens (including phenoxy) is 2. The molecule has 0 aliphatic heterocycles. The first-order chi connectivity index (χ1) is 18.8. The molecule has 0 aliphatic carbocycles. The summed E-state index contributed by atoms with van der Waals surface area (Å²) >= 11 is 0. The Hall–Kier alpha value is -3.89. The zero-order chi connectivity index (χ0) is 27.4. The number of fused-ring (bicyclic) bond motifs is 3. The van der Waals surface area contributed by atoms with Gasteiger partial charge in [-0.2, -0.15) is 0 Å². The second kappa shape index (κ2) is 11.5. The molecule has 5 rings (SSSR count). The molecule has 0 spiro atoms. The van der Waals surface area contributed by atoms with E-state index in [1.807, 2.05) is 60.5 Å². The number of aromatic amines is 1. The van der Waals surface area contributed by atoms with Gasteiger partial charge in [-0.25, -0.2) is 13.6 Å². The molecule has 202 valence electrons. The Bertz CT molecular complexity index is 1700. The molecule has 0 fully saturated rings. The number of nitrogens with zero attached hydrogens (tertiary/aromatic N) is 1. The van der Waals surface area contributed by atoms with Gasteiger partial charge in [-0.1, -0.05) is 48.5 Å². The number of likely N-dealkylation sites (N-methyl/N-ethyl adjacent to an activating group) is 1. The number of primary sulfonamides is 1. The monoisotopic (exact) mass is 545 g/mol. The van der Waals surface area contributed by atoms with Gasteiger partial charge in [-0.05, 0) is 54.6 Å². The molecular weight excluding hydrogens is 514 g/mol. The summed E-state index contributed by atoms with van der Waals surface area (Å²) in [6.45, 7) is 1.67. The number of benzene rings is 4. The second-order valence-corrected chi connectivity index (χ2v) is 11.1. The normalized spacial score (nSPS) is 12.7. The smallest absolute Gasteiger partial charge is 0.241 e. The number of sulfonamides is 1. The van der Waals surface area contributed by atoms with Crippen LogP contribution in [-0.4, -0.2) is 50.2 Å². The minimum atomic E-state index is -3.90. The number of aliphatic hydroxyl groups excluding tert-OH is 1. The van der Waals surface area contributed by atoms with Gasteiger partial charge >= 0.3 is 0 Å². The number of nitrogens with two attached hydrogens (primary N) is 1. The van der Waals surface area contributed by atoms with Crippen LogP contribution < -0.4 is 14.6 Å². The fraction of sp³-hybridized carbons (Fsp3) is 0.200. The van der Waals surface area contributed by atoms with Gasteiger partial charge in [0.2, 0.25) is 10.0 Å². The number of nitrogens with one attached hydrogen (secondary N) is 1. The van der Waals surface area contributed by atoms with Crippen molar-refractivity contribution in [1.82, 2.24) is 9.88 Å². The SMILES string of the molecule is CN(CCOc1ccc2c(c1)[nH]c1ccccc12)C[C@H](O)c1cccc(COc2ccccc2S(N)(=O)=O)c1. The third-order valence-electron chi connectivity index (χ3n) is 6.59. The second-order valence-electron chi connectivity index (χ2n) is 9.53. The topological polar surface area (TPSA) is 118 Å². The zero-order valence-corrected chi connectivity index (χ0v) is 22.4. The van der Waals surface area contributed by atoms with Gasteiger partial charge in [0.1, 0.15) is 29.6 Å². The fourth-order valence-electron chi connectivity index (χ4n) is 4.59. The number of hydrogen-bond donors (Lipinski definition) is 3. The van der Waals surface area contributed by atoms with Crippen LogP contribution in [0.3, 0.4) is 0 Å². The predicted octanol–water partition coefficient (Wildman–Crippen LogP) is 4.59. The minimum absolute atomic E-state index is 0.0636. The van der Waals surface area contributed by atoms with Crippen molar-refractivity contribution in [2.75, 3.05) is 26.7 Å². The molecule has 0 aliphatic rings. The summed E-state index contributed by atoms with van der Waals surface area (Å²) in [5.41, 5.74) is 3.68. The van der Waals surface area contributed by atoms with E-state index in [2.05, 4.69) is 23.2 Å². The van der Waals surface area contributed by atoms with E-state index in [1.54, 1.807) is 18.2 Å². The van der Waals surface area contributed by atoms with E-state index in [-0.39, 0.29) is 17.3 Å². The third kappa shape index (κ3) is 6.40. The molecule has 1 heterocycles. The van der Waals surface area contributed by atoms with Crippen LogP contribution in [0.1, 0.15) is 17.2 Å². The van der Waals surface area contributed by atoms with Crippen LogP contribution in [0.2, 0.25) is 0 Å². The maximum atomic E-state index is 11.8. The number of H-pyrrole nitrogens is 1. The van der Waals surface area contributed by atoms with Crippen LogP contribution in [0.25, 0.3) is 21.8 Å². The first kappa shape index (κ1) is 26.7. The predicted molar refractivity (Wildman–Crippen MR) is 152 cm³/mol.